The topological polar surface area (TPSA) is 70.6 Å². The van der Waals surface area contributed by atoms with Gasteiger partial charge in [-0.2, -0.15) is 0 Å². The molecule has 3 N–H and O–H groups in total. The van der Waals surface area contributed by atoms with Gasteiger partial charge in [0, 0.05) is 20.2 Å². The van der Waals surface area contributed by atoms with E-state index < -0.39 is 6.10 Å². The van der Waals surface area contributed by atoms with Gasteiger partial charge in [0.25, 0.3) is 0 Å². The average Bonchev–Trinajstić information content (AvgIpc) is 2.45. The molecule has 1 aromatic rings. The zero-order valence-electron chi connectivity index (χ0n) is 12.2. The van der Waals surface area contributed by atoms with E-state index in [1.54, 1.807) is 0 Å². The van der Waals surface area contributed by atoms with Crippen LogP contribution in [0, 0.1) is 0 Å². The molecular weight excluding hydrogens is 256 g/mol. The quantitative estimate of drug-likeness (QED) is 0.675. The van der Waals surface area contributed by atoms with Crippen molar-refractivity contribution >= 4 is 6.03 Å². The van der Waals surface area contributed by atoms with E-state index in [-0.39, 0.29) is 12.6 Å². The van der Waals surface area contributed by atoms with Crippen molar-refractivity contribution in [2.45, 2.75) is 32.4 Å². The molecule has 112 valence electrons. The molecule has 0 spiro atoms. The summed E-state index contributed by atoms with van der Waals surface area (Å²) in [5.74, 6) is 0. The molecule has 1 rings (SSSR count). The lowest BCUT2D eigenvalue weighted by Gasteiger charge is -2.12. The Morgan fingerprint density at radius 1 is 1.30 bits per heavy atom. The number of amides is 2. The van der Waals surface area contributed by atoms with Gasteiger partial charge in [0.1, 0.15) is 0 Å². The molecule has 0 aliphatic rings. The maximum absolute atomic E-state index is 11.6. The van der Waals surface area contributed by atoms with Gasteiger partial charge in [-0.05, 0) is 24.0 Å². The van der Waals surface area contributed by atoms with Crippen molar-refractivity contribution in [2.75, 3.05) is 20.3 Å². The number of hydrogen-bond acceptors (Lipinski definition) is 3. The largest absolute Gasteiger partial charge is 0.391 e. The summed E-state index contributed by atoms with van der Waals surface area (Å²) in [5.41, 5.74) is 2.37. The Morgan fingerprint density at radius 3 is 2.65 bits per heavy atom. The van der Waals surface area contributed by atoms with E-state index in [4.69, 9.17) is 4.74 Å². The Kier molecular flexibility index (Phi) is 7.69. The van der Waals surface area contributed by atoms with E-state index in [1.165, 1.54) is 12.7 Å². The van der Waals surface area contributed by atoms with Crippen LogP contribution in [0.25, 0.3) is 0 Å². The molecule has 0 aliphatic heterocycles. The molecule has 0 saturated carbocycles. The van der Waals surface area contributed by atoms with Crippen LogP contribution in [0.1, 0.15) is 24.5 Å². The van der Waals surface area contributed by atoms with Crippen LogP contribution in [0.4, 0.5) is 4.79 Å². The number of aryl methyl sites for hydroxylation is 1. The molecule has 1 aromatic carbocycles. The van der Waals surface area contributed by atoms with Crippen LogP contribution in [0.15, 0.2) is 24.3 Å². The maximum atomic E-state index is 11.6. The Hall–Kier alpha value is -1.59. The average molecular weight is 280 g/mol. The zero-order chi connectivity index (χ0) is 14.8. The van der Waals surface area contributed by atoms with Gasteiger partial charge in [-0.3, -0.25) is 0 Å². The van der Waals surface area contributed by atoms with E-state index in [0.29, 0.717) is 19.5 Å². The number of aliphatic hydroxyl groups is 1. The number of carbonyl (C=O) groups excluding carboxylic acids is 1. The molecule has 1 atom stereocenters. The molecular formula is C15H24N2O3. The molecule has 0 bridgehead atoms. The fourth-order valence-corrected chi connectivity index (χ4v) is 1.94. The molecule has 0 radical (unpaired) electrons. The second kappa shape index (κ2) is 9.34. The molecule has 5 heteroatoms. The monoisotopic (exact) mass is 280 g/mol. The van der Waals surface area contributed by atoms with Gasteiger partial charge in [-0.15, -0.1) is 0 Å². The van der Waals surface area contributed by atoms with Crippen molar-refractivity contribution in [2.24, 2.45) is 0 Å². The van der Waals surface area contributed by atoms with Crippen LogP contribution in [-0.4, -0.2) is 37.5 Å². The summed E-state index contributed by atoms with van der Waals surface area (Å²) in [4.78, 5) is 11.6. The zero-order valence-corrected chi connectivity index (χ0v) is 12.2. The van der Waals surface area contributed by atoms with Crippen LogP contribution >= 0.6 is 0 Å². The number of hydrogen-bond donors (Lipinski definition) is 3. The van der Waals surface area contributed by atoms with Gasteiger partial charge in [-0.25, -0.2) is 4.79 Å². The van der Waals surface area contributed by atoms with Crippen LogP contribution < -0.4 is 10.6 Å². The summed E-state index contributed by atoms with van der Waals surface area (Å²) in [5, 5.41) is 15.0. The normalized spacial score (nSPS) is 11.9. The summed E-state index contributed by atoms with van der Waals surface area (Å²) in [6, 6.07) is 7.83. The number of benzene rings is 1. The smallest absolute Gasteiger partial charge is 0.315 e. The van der Waals surface area contributed by atoms with Crippen molar-refractivity contribution in [3.05, 3.63) is 35.4 Å². The maximum Gasteiger partial charge on any atom is 0.315 e. The van der Waals surface area contributed by atoms with E-state index in [1.807, 2.05) is 18.2 Å². The summed E-state index contributed by atoms with van der Waals surface area (Å²) in [7, 11) is 1.54. The highest BCUT2D eigenvalue weighted by Crippen LogP contribution is 2.08. The lowest BCUT2D eigenvalue weighted by molar-refractivity contribution is 0.0598. The summed E-state index contributed by atoms with van der Waals surface area (Å²) < 4.78 is 4.81. The molecule has 20 heavy (non-hydrogen) atoms. The van der Waals surface area contributed by atoms with E-state index in [2.05, 4.69) is 23.6 Å². The second-order valence-electron chi connectivity index (χ2n) is 4.63. The first kappa shape index (κ1) is 16.5. The number of carbonyl (C=O) groups is 1. The van der Waals surface area contributed by atoms with Gasteiger partial charge in [0.05, 0.1) is 12.7 Å². The minimum absolute atomic E-state index is 0.222. The number of aliphatic hydroxyl groups excluding tert-OH is 1. The minimum Gasteiger partial charge on any atom is -0.391 e. The van der Waals surface area contributed by atoms with Gasteiger partial charge in [0.15, 0.2) is 0 Å². The number of ether oxygens (including phenoxy) is 1. The van der Waals surface area contributed by atoms with Gasteiger partial charge < -0.3 is 20.5 Å². The highest BCUT2D eigenvalue weighted by molar-refractivity contribution is 5.73. The fourth-order valence-electron chi connectivity index (χ4n) is 1.94. The van der Waals surface area contributed by atoms with Crippen LogP contribution in [0.3, 0.4) is 0 Å². The molecule has 0 fully saturated rings. The first-order valence-electron chi connectivity index (χ1n) is 6.92. The minimum atomic E-state index is -0.541. The highest BCUT2D eigenvalue weighted by atomic mass is 16.5. The highest BCUT2D eigenvalue weighted by Gasteiger charge is 2.06. The first-order chi connectivity index (χ1) is 9.67. The molecule has 0 heterocycles. The van der Waals surface area contributed by atoms with Gasteiger partial charge in [0.2, 0.25) is 0 Å². The van der Waals surface area contributed by atoms with Crippen molar-refractivity contribution in [1.82, 2.24) is 10.6 Å². The van der Waals surface area contributed by atoms with Crippen molar-refractivity contribution in [3.8, 4) is 0 Å². The van der Waals surface area contributed by atoms with E-state index >= 15 is 0 Å². The molecule has 0 saturated heterocycles. The Bertz CT molecular complexity index is 410. The van der Waals surface area contributed by atoms with Crippen LogP contribution in [-0.2, 0) is 17.7 Å². The predicted octanol–water partition coefficient (Wildman–Crippen LogP) is 1.45. The molecule has 0 aromatic heterocycles. The fraction of sp³-hybridized carbons (Fsp3) is 0.533. The lowest BCUT2D eigenvalue weighted by atomic mass is 10.1. The van der Waals surface area contributed by atoms with Crippen LogP contribution in [0.2, 0.25) is 0 Å². The SMILES string of the molecule is CCc1ccccc1CNC(=O)NCCC(O)COC. The molecule has 1 unspecified atom stereocenters. The number of urea groups is 1. The summed E-state index contributed by atoms with van der Waals surface area (Å²) in [6.45, 7) is 3.31. The molecule has 2 amide bonds. The predicted molar refractivity (Wildman–Crippen MR) is 78.6 cm³/mol. The van der Waals surface area contributed by atoms with Crippen molar-refractivity contribution < 1.29 is 14.6 Å². The Balaban J connectivity index is 2.26. The number of rotatable bonds is 8. The third-order valence-corrected chi connectivity index (χ3v) is 3.06. The summed E-state index contributed by atoms with van der Waals surface area (Å²) >= 11 is 0. The van der Waals surface area contributed by atoms with Gasteiger partial charge >= 0.3 is 6.03 Å². The second-order valence-corrected chi connectivity index (χ2v) is 4.63. The third kappa shape index (κ3) is 6.04. The van der Waals surface area contributed by atoms with Crippen LogP contribution in [0.5, 0.6) is 0 Å². The molecule has 5 nitrogen and oxygen atoms in total. The number of nitrogens with one attached hydrogen (secondary N) is 2. The van der Waals surface area contributed by atoms with E-state index in [0.717, 1.165) is 12.0 Å². The summed E-state index contributed by atoms with van der Waals surface area (Å²) in [6.07, 6.45) is 0.885. The first-order valence-corrected chi connectivity index (χ1v) is 6.92. The van der Waals surface area contributed by atoms with Crippen molar-refractivity contribution in [3.63, 3.8) is 0 Å². The van der Waals surface area contributed by atoms with Gasteiger partial charge in [-0.1, -0.05) is 31.2 Å². The van der Waals surface area contributed by atoms with E-state index in [9.17, 15) is 9.90 Å². The molecule has 0 aliphatic carbocycles. The lowest BCUT2D eigenvalue weighted by Crippen LogP contribution is -2.37. The Labute approximate surface area is 120 Å². The standard InChI is InChI=1S/C15H24N2O3/c1-3-12-6-4-5-7-13(12)10-17-15(19)16-9-8-14(18)11-20-2/h4-7,14,18H,3,8-11H2,1-2H3,(H2,16,17,19). The number of methoxy groups -OCH3 is 1. The Morgan fingerprint density at radius 2 is 2.00 bits per heavy atom. The van der Waals surface area contributed by atoms with Crippen molar-refractivity contribution in [1.29, 1.82) is 0 Å². The third-order valence-electron chi connectivity index (χ3n) is 3.06.